The molecular weight excluding hydrogens is 241 g/mol. The molecule has 3 nitrogen and oxygen atoms in total. The van der Waals surface area contributed by atoms with Crippen LogP contribution >= 0.6 is 0 Å². The van der Waals surface area contributed by atoms with Gasteiger partial charge in [0.2, 0.25) is 0 Å². The normalized spacial score (nSPS) is 23.5. The molecule has 1 saturated heterocycles. The van der Waals surface area contributed by atoms with Crippen molar-refractivity contribution in [3.63, 3.8) is 0 Å². The number of nitrogens with one attached hydrogen (secondary N) is 1. The van der Waals surface area contributed by atoms with Gasteiger partial charge in [0.05, 0.1) is 17.9 Å². The second-order valence-electron chi connectivity index (χ2n) is 5.63. The Labute approximate surface area is 115 Å². The van der Waals surface area contributed by atoms with Gasteiger partial charge in [-0.2, -0.15) is 0 Å². The van der Waals surface area contributed by atoms with Gasteiger partial charge in [-0.25, -0.2) is 4.39 Å². The van der Waals surface area contributed by atoms with Gasteiger partial charge in [-0.15, -0.1) is 0 Å². The third-order valence-corrected chi connectivity index (χ3v) is 4.16. The van der Waals surface area contributed by atoms with Crippen LogP contribution < -0.4 is 5.32 Å². The molecule has 0 saturated carbocycles. The highest BCUT2D eigenvalue weighted by atomic mass is 19.1. The summed E-state index contributed by atoms with van der Waals surface area (Å²) in [5, 5.41) is 3.31. The Hall–Kier alpha value is -1.00. The minimum absolute atomic E-state index is 0.174. The van der Waals surface area contributed by atoms with Crippen molar-refractivity contribution >= 4 is 0 Å². The largest absolute Gasteiger partial charge is 0.311 e. The van der Waals surface area contributed by atoms with Gasteiger partial charge in [-0.05, 0) is 51.4 Å². The van der Waals surface area contributed by atoms with Gasteiger partial charge in [0.15, 0.2) is 0 Å². The van der Waals surface area contributed by atoms with Gasteiger partial charge < -0.3 is 10.2 Å². The van der Waals surface area contributed by atoms with E-state index in [4.69, 9.17) is 0 Å². The van der Waals surface area contributed by atoms with Crippen molar-refractivity contribution in [3.8, 4) is 0 Å². The van der Waals surface area contributed by atoms with Crippen LogP contribution in [-0.4, -0.2) is 36.1 Å². The molecule has 1 N–H and O–H groups in total. The zero-order valence-electron chi connectivity index (χ0n) is 12.1. The second kappa shape index (κ2) is 6.44. The minimum atomic E-state index is -0.278. The molecule has 0 amide bonds. The maximum atomic E-state index is 12.9. The van der Waals surface area contributed by atoms with Crippen LogP contribution in [0.2, 0.25) is 0 Å². The van der Waals surface area contributed by atoms with Crippen molar-refractivity contribution in [3.05, 3.63) is 29.8 Å². The Morgan fingerprint density at radius 3 is 2.84 bits per heavy atom. The Bertz CT molecular complexity index is 393. The molecule has 2 heterocycles. The standard InChI is InChI=1S/C15H24FN3/c1-11(10-19-8-4-5-12(19)2)15(17-3)14-7-6-13(16)9-18-14/h6-7,9,11-12,15,17H,4-5,8,10H2,1-3H3. The smallest absolute Gasteiger partial charge is 0.141 e. The van der Waals surface area contributed by atoms with E-state index in [-0.39, 0.29) is 11.9 Å². The van der Waals surface area contributed by atoms with Crippen LogP contribution in [0.3, 0.4) is 0 Å². The number of hydrogen-bond donors (Lipinski definition) is 1. The lowest BCUT2D eigenvalue weighted by molar-refractivity contribution is 0.207. The highest BCUT2D eigenvalue weighted by Gasteiger charge is 2.26. The van der Waals surface area contributed by atoms with Crippen molar-refractivity contribution in [2.45, 2.75) is 38.8 Å². The Morgan fingerprint density at radius 2 is 2.32 bits per heavy atom. The van der Waals surface area contributed by atoms with Gasteiger partial charge in [-0.3, -0.25) is 4.98 Å². The molecule has 1 aromatic heterocycles. The van der Waals surface area contributed by atoms with E-state index in [1.807, 2.05) is 7.05 Å². The molecular formula is C15H24FN3. The molecule has 0 radical (unpaired) electrons. The van der Waals surface area contributed by atoms with E-state index < -0.39 is 0 Å². The van der Waals surface area contributed by atoms with E-state index in [9.17, 15) is 4.39 Å². The molecule has 1 aliphatic rings. The maximum absolute atomic E-state index is 12.9. The molecule has 0 bridgehead atoms. The molecule has 19 heavy (non-hydrogen) atoms. The van der Waals surface area contributed by atoms with Crippen LogP contribution in [0, 0.1) is 11.7 Å². The second-order valence-corrected chi connectivity index (χ2v) is 5.63. The van der Waals surface area contributed by atoms with Gasteiger partial charge >= 0.3 is 0 Å². The Kier molecular flexibility index (Phi) is 4.88. The molecule has 106 valence electrons. The van der Waals surface area contributed by atoms with E-state index in [1.54, 1.807) is 6.07 Å². The molecule has 0 aliphatic carbocycles. The Morgan fingerprint density at radius 1 is 1.53 bits per heavy atom. The first-order valence-electron chi connectivity index (χ1n) is 7.14. The third-order valence-electron chi connectivity index (χ3n) is 4.16. The van der Waals surface area contributed by atoms with Crippen LogP contribution in [0.25, 0.3) is 0 Å². The third kappa shape index (κ3) is 3.51. The fraction of sp³-hybridized carbons (Fsp3) is 0.667. The van der Waals surface area contributed by atoms with E-state index in [0.717, 1.165) is 12.2 Å². The van der Waals surface area contributed by atoms with Gasteiger partial charge in [0, 0.05) is 12.6 Å². The first kappa shape index (κ1) is 14.4. The summed E-state index contributed by atoms with van der Waals surface area (Å²) in [6, 6.07) is 4.12. The maximum Gasteiger partial charge on any atom is 0.141 e. The molecule has 0 aromatic carbocycles. The van der Waals surface area contributed by atoms with Crippen molar-refractivity contribution in [1.29, 1.82) is 0 Å². The van der Waals surface area contributed by atoms with E-state index in [0.29, 0.717) is 12.0 Å². The lowest BCUT2D eigenvalue weighted by atomic mass is 9.97. The van der Waals surface area contributed by atoms with Crippen LogP contribution in [-0.2, 0) is 0 Å². The zero-order chi connectivity index (χ0) is 13.8. The van der Waals surface area contributed by atoms with Crippen LogP contribution in [0.4, 0.5) is 4.39 Å². The summed E-state index contributed by atoms with van der Waals surface area (Å²) in [7, 11) is 1.94. The molecule has 0 spiro atoms. The van der Waals surface area contributed by atoms with Crippen molar-refractivity contribution in [2.75, 3.05) is 20.1 Å². The summed E-state index contributed by atoms with van der Waals surface area (Å²) < 4.78 is 12.9. The van der Waals surface area contributed by atoms with Crippen LogP contribution in [0.1, 0.15) is 38.4 Å². The summed E-state index contributed by atoms with van der Waals surface area (Å²) in [5.41, 5.74) is 0.920. The first-order chi connectivity index (χ1) is 9.11. The first-order valence-corrected chi connectivity index (χ1v) is 7.14. The van der Waals surface area contributed by atoms with Crippen LogP contribution in [0.5, 0.6) is 0 Å². The van der Waals surface area contributed by atoms with Gasteiger partial charge in [0.1, 0.15) is 5.82 Å². The minimum Gasteiger partial charge on any atom is -0.311 e. The van der Waals surface area contributed by atoms with Crippen LogP contribution in [0.15, 0.2) is 18.3 Å². The fourth-order valence-electron chi connectivity index (χ4n) is 3.03. The zero-order valence-corrected chi connectivity index (χ0v) is 12.1. The van der Waals surface area contributed by atoms with E-state index >= 15 is 0 Å². The lowest BCUT2D eigenvalue weighted by Gasteiger charge is -2.29. The number of halogens is 1. The topological polar surface area (TPSA) is 28.2 Å². The number of likely N-dealkylation sites (tertiary alicyclic amines) is 1. The molecule has 4 heteroatoms. The fourth-order valence-corrected chi connectivity index (χ4v) is 3.03. The summed E-state index contributed by atoms with van der Waals surface area (Å²) in [4.78, 5) is 6.75. The summed E-state index contributed by atoms with van der Waals surface area (Å²) >= 11 is 0. The average molecular weight is 265 g/mol. The van der Waals surface area contributed by atoms with E-state index in [1.165, 1.54) is 31.6 Å². The molecule has 1 aliphatic heterocycles. The molecule has 1 fully saturated rings. The molecule has 1 aromatic rings. The van der Waals surface area contributed by atoms with Crippen molar-refractivity contribution in [2.24, 2.45) is 5.92 Å². The van der Waals surface area contributed by atoms with Gasteiger partial charge in [-0.1, -0.05) is 6.92 Å². The molecule has 2 rings (SSSR count). The highest BCUT2D eigenvalue weighted by Crippen LogP contribution is 2.24. The molecule has 3 atom stereocenters. The Balaban J connectivity index is 2.02. The quantitative estimate of drug-likeness (QED) is 0.887. The summed E-state index contributed by atoms with van der Waals surface area (Å²) in [6.07, 6.45) is 3.89. The predicted octanol–water partition coefficient (Wildman–Crippen LogP) is 2.60. The average Bonchev–Trinajstić information content (AvgIpc) is 2.78. The number of rotatable bonds is 5. The number of pyridine rings is 1. The highest BCUT2D eigenvalue weighted by molar-refractivity contribution is 5.11. The number of hydrogen-bond acceptors (Lipinski definition) is 3. The van der Waals surface area contributed by atoms with Crippen molar-refractivity contribution < 1.29 is 4.39 Å². The lowest BCUT2D eigenvalue weighted by Crippen LogP contribution is -2.36. The summed E-state index contributed by atoms with van der Waals surface area (Å²) in [6.45, 7) is 6.78. The van der Waals surface area contributed by atoms with E-state index in [2.05, 4.69) is 29.0 Å². The summed E-state index contributed by atoms with van der Waals surface area (Å²) in [5.74, 6) is 0.169. The predicted molar refractivity (Wildman–Crippen MR) is 75.4 cm³/mol. The number of nitrogens with zero attached hydrogens (tertiary/aromatic N) is 2. The monoisotopic (exact) mass is 265 g/mol. The van der Waals surface area contributed by atoms with Gasteiger partial charge in [0.25, 0.3) is 0 Å². The number of aromatic nitrogens is 1. The SMILES string of the molecule is CNC(c1ccc(F)cn1)C(C)CN1CCCC1C. The van der Waals surface area contributed by atoms with Crippen molar-refractivity contribution in [1.82, 2.24) is 15.2 Å². The molecule has 3 unspecified atom stereocenters.